The third-order valence-corrected chi connectivity index (χ3v) is 4.20. The lowest BCUT2D eigenvalue weighted by Gasteiger charge is -2.32. The van der Waals surface area contributed by atoms with Gasteiger partial charge in [0.15, 0.2) is 0 Å². The number of hydrogen-bond acceptors (Lipinski definition) is 3. The quantitative estimate of drug-likeness (QED) is 0.783. The third kappa shape index (κ3) is 2.43. The molecule has 0 bridgehead atoms. The van der Waals surface area contributed by atoms with Gasteiger partial charge in [0.1, 0.15) is 6.29 Å². The van der Waals surface area contributed by atoms with Gasteiger partial charge in [-0.2, -0.15) is 0 Å². The Balaban J connectivity index is 2.37. The molecule has 1 aliphatic rings. The smallest absolute Gasteiger partial charge is 0.240 e. The summed E-state index contributed by atoms with van der Waals surface area (Å²) < 4.78 is 0. The van der Waals surface area contributed by atoms with Crippen LogP contribution in [0.15, 0.2) is 23.1 Å². The van der Waals surface area contributed by atoms with Crippen molar-refractivity contribution in [1.82, 2.24) is 0 Å². The Labute approximate surface area is 112 Å². The molecule has 0 N–H and O–H groups in total. The second-order valence-corrected chi connectivity index (χ2v) is 5.83. The Morgan fingerprint density at radius 2 is 2.22 bits per heavy atom. The van der Waals surface area contributed by atoms with E-state index in [9.17, 15) is 9.59 Å². The summed E-state index contributed by atoms with van der Waals surface area (Å²) in [5.41, 5.74) is 1.61. The number of amides is 1. The fraction of sp³-hybridized carbons (Fsp3) is 0.429. The summed E-state index contributed by atoms with van der Waals surface area (Å²) in [7, 11) is 0. The van der Waals surface area contributed by atoms with Crippen molar-refractivity contribution in [3.8, 4) is 0 Å². The van der Waals surface area contributed by atoms with Crippen molar-refractivity contribution in [1.29, 1.82) is 0 Å². The molecule has 1 aliphatic heterocycles. The Morgan fingerprint density at radius 1 is 1.44 bits per heavy atom. The number of carbonyl (C=O) groups is 2. The minimum Gasteiger partial charge on any atom is -0.310 e. The van der Waals surface area contributed by atoms with E-state index >= 15 is 0 Å². The summed E-state index contributed by atoms with van der Waals surface area (Å²) in [6.45, 7) is 4.79. The van der Waals surface area contributed by atoms with Gasteiger partial charge in [0, 0.05) is 17.0 Å². The highest BCUT2D eigenvalue weighted by Gasteiger charge is 2.30. The molecule has 4 heteroatoms. The molecule has 1 heterocycles. The van der Waals surface area contributed by atoms with E-state index in [1.807, 2.05) is 24.0 Å². The number of fused-ring (bicyclic) bond motifs is 1. The van der Waals surface area contributed by atoms with Gasteiger partial charge >= 0.3 is 0 Å². The van der Waals surface area contributed by atoms with Crippen LogP contribution in [0.2, 0.25) is 0 Å². The molecule has 3 nitrogen and oxygen atoms in total. The van der Waals surface area contributed by atoms with E-state index in [2.05, 4.69) is 6.92 Å². The van der Waals surface area contributed by atoms with Gasteiger partial charge in [-0.15, -0.1) is 11.8 Å². The number of rotatable bonds is 4. The Kier molecular flexibility index (Phi) is 4.07. The van der Waals surface area contributed by atoms with Crippen LogP contribution in [0.25, 0.3) is 0 Å². The standard InChI is InChI=1S/C14H17NO2S/c1-3-4-7-15-12-6-5-11(9-16)8-13(12)18-10(2)14(15)17/h5-6,8-10H,3-4,7H2,1-2H3. The molecule has 0 saturated carbocycles. The summed E-state index contributed by atoms with van der Waals surface area (Å²) in [4.78, 5) is 25.9. The molecule has 0 saturated heterocycles. The molecule has 0 aliphatic carbocycles. The first-order valence-corrected chi connectivity index (χ1v) is 7.12. The zero-order valence-electron chi connectivity index (χ0n) is 10.7. The van der Waals surface area contributed by atoms with Crippen LogP contribution in [-0.4, -0.2) is 24.0 Å². The zero-order valence-corrected chi connectivity index (χ0v) is 11.5. The highest BCUT2D eigenvalue weighted by molar-refractivity contribution is 8.01. The van der Waals surface area contributed by atoms with Crippen LogP contribution in [0.3, 0.4) is 0 Å². The normalized spacial score (nSPS) is 18.7. The monoisotopic (exact) mass is 263 g/mol. The number of anilines is 1. The number of nitrogens with zero attached hydrogens (tertiary/aromatic N) is 1. The second-order valence-electron chi connectivity index (χ2n) is 4.45. The average Bonchev–Trinajstić information content (AvgIpc) is 2.39. The maximum atomic E-state index is 12.2. The van der Waals surface area contributed by atoms with E-state index in [1.165, 1.54) is 11.8 Å². The van der Waals surface area contributed by atoms with E-state index in [4.69, 9.17) is 0 Å². The van der Waals surface area contributed by atoms with Crippen molar-refractivity contribution in [2.75, 3.05) is 11.4 Å². The number of hydrogen-bond donors (Lipinski definition) is 0. The molecule has 0 aromatic heterocycles. The molecule has 96 valence electrons. The Bertz CT molecular complexity index is 473. The van der Waals surface area contributed by atoms with Gasteiger partial charge in [-0.1, -0.05) is 13.3 Å². The molecule has 0 radical (unpaired) electrons. The lowest BCUT2D eigenvalue weighted by molar-refractivity contribution is -0.118. The average molecular weight is 263 g/mol. The van der Waals surface area contributed by atoms with E-state index in [0.717, 1.165) is 36.3 Å². The highest BCUT2D eigenvalue weighted by atomic mass is 32.2. The Hall–Kier alpha value is -1.29. The zero-order chi connectivity index (χ0) is 13.1. The van der Waals surface area contributed by atoms with Crippen molar-refractivity contribution in [3.63, 3.8) is 0 Å². The van der Waals surface area contributed by atoms with Gasteiger partial charge in [-0.25, -0.2) is 0 Å². The highest BCUT2D eigenvalue weighted by Crippen LogP contribution is 2.39. The fourth-order valence-corrected chi connectivity index (χ4v) is 3.16. The molecule has 1 atom stereocenters. The molecule has 1 aromatic carbocycles. The van der Waals surface area contributed by atoms with Crippen molar-refractivity contribution in [3.05, 3.63) is 23.8 Å². The first-order valence-electron chi connectivity index (χ1n) is 6.24. The van der Waals surface area contributed by atoms with Gasteiger partial charge in [-0.05, 0) is 31.5 Å². The van der Waals surface area contributed by atoms with Gasteiger partial charge in [-0.3, -0.25) is 9.59 Å². The van der Waals surface area contributed by atoms with E-state index < -0.39 is 0 Å². The van der Waals surface area contributed by atoms with Gasteiger partial charge in [0.25, 0.3) is 0 Å². The number of aldehydes is 1. The summed E-state index contributed by atoms with van der Waals surface area (Å²) in [6.07, 6.45) is 2.91. The maximum absolute atomic E-state index is 12.2. The van der Waals surface area contributed by atoms with Crippen LogP contribution in [0.5, 0.6) is 0 Å². The van der Waals surface area contributed by atoms with E-state index in [-0.39, 0.29) is 11.2 Å². The molecule has 18 heavy (non-hydrogen) atoms. The molecule has 1 unspecified atom stereocenters. The SMILES string of the molecule is CCCCN1C(=O)C(C)Sc2cc(C=O)ccc21. The van der Waals surface area contributed by atoms with Gasteiger partial charge < -0.3 is 4.90 Å². The first kappa shape index (κ1) is 13.1. The number of unbranched alkanes of at least 4 members (excludes halogenated alkanes) is 1. The molecule has 1 aromatic rings. The molecule has 1 amide bonds. The van der Waals surface area contributed by atoms with Crippen molar-refractivity contribution in [2.45, 2.75) is 36.8 Å². The molecular formula is C14H17NO2S. The summed E-state index contributed by atoms with van der Waals surface area (Å²) in [6, 6.07) is 5.52. The second kappa shape index (κ2) is 5.57. The van der Waals surface area contributed by atoms with Gasteiger partial charge in [0.2, 0.25) is 5.91 Å². The summed E-state index contributed by atoms with van der Waals surface area (Å²) >= 11 is 1.54. The van der Waals surface area contributed by atoms with Crippen LogP contribution in [0, 0.1) is 0 Å². The topological polar surface area (TPSA) is 37.4 Å². The molecule has 2 rings (SSSR count). The van der Waals surface area contributed by atoms with Crippen LogP contribution in [-0.2, 0) is 4.79 Å². The lowest BCUT2D eigenvalue weighted by atomic mass is 10.1. The van der Waals surface area contributed by atoms with Crippen LogP contribution < -0.4 is 4.90 Å². The van der Waals surface area contributed by atoms with Crippen LogP contribution in [0.4, 0.5) is 5.69 Å². The van der Waals surface area contributed by atoms with Crippen LogP contribution in [0.1, 0.15) is 37.0 Å². The summed E-state index contributed by atoms with van der Waals surface area (Å²) in [5, 5.41) is -0.0729. The van der Waals surface area contributed by atoms with Gasteiger partial charge in [0.05, 0.1) is 10.9 Å². The van der Waals surface area contributed by atoms with Crippen molar-refractivity contribution in [2.24, 2.45) is 0 Å². The minimum atomic E-state index is -0.0729. The van der Waals surface area contributed by atoms with Crippen molar-refractivity contribution < 1.29 is 9.59 Å². The molecule has 0 spiro atoms. The van der Waals surface area contributed by atoms with Crippen molar-refractivity contribution >= 4 is 29.6 Å². The number of benzene rings is 1. The fourth-order valence-electron chi connectivity index (χ4n) is 2.05. The number of thioether (sulfide) groups is 1. The summed E-state index contributed by atoms with van der Waals surface area (Å²) in [5.74, 6) is 0.166. The predicted molar refractivity (Wildman–Crippen MR) is 74.4 cm³/mol. The van der Waals surface area contributed by atoms with Crippen LogP contribution >= 0.6 is 11.8 Å². The largest absolute Gasteiger partial charge is 0.310 e. The molecular weight excluding hydrogens is 246 g/mol. The maximum Gasteiger partial charge on any atom is 0.240 e. The lowest BCUT2D eigenvalue weighted by Crippen LogP contribution is -2.40. The van der Waals surface area contributed by atoms with E-state index in [1.54, 1.807) is 6.07 Å². The third-order valence-electron chi connectivity index (χ3n) is 3.06. The first-order chi connectivity index (χ1) is 8.67. The minimum absolute atomic E-state index is 0.0729. The Morgan fingerprint density at radius 3 is 2.89 bits per heavy atom. The number of carbonyl (C=O) groups excluding carboxylic acids is 2. The molecule has 0 fully saturated rings. The van der Waals surface area contributed by atoms with E-state index in [0.29, 0.717) is 5.56 Å². The predicted octanol–water partition coefficient (Wildman–Crippen LogP) is 3.13.